The van der Waals surface area contributed by atoms with Crippen molar-refractivity contribution in [2.24, 2.45) is 5.73 Å². The Labute approximate surface area is 124 Å². The first-order valence-corrected chi connectivity index (χ1v) is 7.20. The number of nitrogens with zero attached hydrogens (tertiary/aromatic N) is 4. The molecule has 2 saturated heterocycles. The fourth-order valence-corrected chi connectivity index (χ4v) is 3.06. The van der Waals surface area contributed by atoms with Crippen molar-refractivity contribution in [3.05, 3.63) is 12.4 Å². The molecule has 0 radical (unpaired) electrons. The van der Waals surface area contributed by atoms with Crippen LogP contribution >= 0.6 is 0 Å². The normalized spacial score (nSPS) is 24.0. The molecule has 0 aromatic carbocycles. The van der Waals surface area contributed by atoms with E-state index in [0.29, 0.717) is 0 Å². The van der Waals surface area contributed by atoms with Crippen LogP contribution in [-0.4, -0.2) is 54.3 Å². The van der Waals surface area contributed by atoms with Gasteiger partial charge in [-0.1, -0.05) is 0 Å². The molecule has 114 valence electrons. The summed E-state index contributed by atoms with van der Waals surface area (Å²) in [5.74, 6) is 1.35. The lowest BCUT2D eigenvalue weighted by atomic mass is 9.96. The maximum absolute atomic E-state index is 11.5. The highest BCUT2D eigenvalue weighted by Gasteiger charge is 2.40. The van der Waals surface area contributed by atoms with E-state index in [1.165, 1.54) is 0 Å². The Bertz CT molecular complexity index is 544. The maximum Gasteiger partial charge on any atom is 0.240 e. The van der Waals surface area contributed by atoms with E-state index in [1.807, 2.05) is 11.0 Å². The van der Waals surface area contributed by atoms with Gasteiger partial charge < -0.3 is 20.3 Å². The number of nitrogens with two attached hydrogens (primary N) is 1. The van der Waals surface area contributed by atoms with Crippen LogP contribution in [0.15, 0.2) is 12.4 Å². The summed E-state index contributed by atoms with van der Waals surface area (Å²) in [6.45, 7) is 4.49. The number of carbonyl (C=O) groups is 1. The summed E-state index contributed by atoms with van der Waals surface area (Å²) in [6.07, 6.45) is 3.29. The van der Waals surface area contributed by atoms with Crippen LogP contribution in [0.1, 0.15) is 19.8 Å². The van der Waals surface area contributed by atoms with Crippen LogP contribution in [0, 0.1) is 0 Å². The fourth-order valence-electron chi connectivity index (χ4n) is 3.06. The van der Waals surface area contributed by atoms with Gasteiger partial charge in [0.15, 0.2) is 0 Å². The Morgan fingerprint density at radius 3 is 2.81 bits per heavy atom. The zero-order chi connectivity index (χ0) is 15.0. The molecule has 1 amide bonds. The summed E-state index contributed by atoms with van der Waals surface area (Å²) in [5, 5.41) is 0. The van der Waals surface area contributed by atoms with Crippen LogP contribution < -0.4 is 15.5 Å². The molecule has 2 fully saturated rings. The number of carbonyl (C=O) groups excluding carboxylic acids is 1. The number of ether oxygens (including phenoxy) is 1. The number of primary amides is 1. The average Bonchev–Trinajstić information content (AvgIpc) is 2.93. The minimum absolute atomic E-state index is 0.103. The molecule has 2 N–H and O–H groups in total. The number of amides is 1. The molecule has 2 aliphatic heterocycles. The molecule has 1 atom stereocenters. The molecular formula is C14H21N5O2. The lowest BCUT2D eigenvalue weighted by Crippen LogP contribution is -2.61. The minimum Gasteiger partial charge on any atom is -0.375 e. The van der Waals surface area contributed by atoms with Gasteiger partial charge in [0.25, 0.3) is 0 Å². The van der Waals surface area contributed by atoms with Crippen molar-refractivity contribution >= 4 is 17.5 Å². The Balaban J connectivity index is 1.77. The van der Waals surface area contributed by atoms with Gasteiger partial charge >= 0.3 is 0 Å². The molecule has 7 heteroatoms. The van der Waals surface area contributed by atoms with Crippen LogP contribution in [0.5, 0.6) is 0 Å². The highest BCUT2D eigenvalue weighted by molar-refractivity contribution is 5.84. The topological polar surface area (TPSA) is 84.6 Å². The number of aromatic nitrogens is 2. The predicted octanol–water partition coefficient (Wildman–Crippen LogP) is 0.156. The van der Waals surface area contributed by atoms with Crippen LogP contribution in [-0.2, 0) is 9.53 Å². The molecule has 3 rings (SSSR count). The van der Waals surface area contributed by atoms with Gasteiger partial charge in [0.2, 0.25) is 5.91 Å². The Morgan fingerprint density at radius 2 is 2.14 bits per heavy atom. The SMILES string of the molecule is COC1(C)CN(c2cc(N3CCC[C@@H]3C(N)=O)ncn2)C1. The minimum atomic E-state index is -0.288. The average molecular weight is 291 g/mol. The van der Waals surface area contributed by atoms with E-state index in [-0.39, 0.29) is 17.6 Å². The number of methoxy groups -OCH3 is 1. The molecule has 1 aromatic heterocycles. The summed E-state index contributed by atoms with van der Waals surface area (Å²) in [4.78, 5) is 24.2. The molecular weight excluding hydrogens is 270 g/mol. The van der Waals surface area contributed by atoms with Gasteiger partial charge in [-0.05, 0) is 19.8 Å². The summed E-state index contributed by atoms with van der Waals surface area (Å²) < 4.78 is 5.45. The van der Waals surface area contributed by atoms with Crippen molar-refractivity contribution in [3.8, 4) is 0 Å². The maximum atomic E-state index is 11.5. The summed E-state index contributed by atoms with van der Waals surface area (Å²) in [7, 11) is 1.73. The van der Waals surface area contributed by atoms with Gasteiger partial charge in [-0.3, -0.25) is 4.79 Å². The van der Waals surface area contributed by atoms with E-state index in [1.54, 1.807) is 13.4 Å². The molecule has 1 aromatic rings. The van der Waals surface area contributed by atoms with Gasteiger partial charge in [0.1, 0.15) is 24.0 Å². The molecule has 2 aliphatic rings. The second-order valence-corrected chi connectivity index (χ2v) is 6.00. The number of hydrogen-bond donors (Lipinski definition) is 1. The highest BCUT2D eigenvalue weighted by Crippen LogP contribution is 2.31. The zero-order valence-electron chi connectivity index (χ0n) is 12.5. The van der Waals surface area contributed by atoms with Crippen LogP contribution in [0.3, 0.4) is 0 Å². The summed E-state index contributed by atoms with van der Waals surface area (Å²) in [6, 6.07) is 1.67. The molecule has 0 saturated carbocycles. The van der Waals surface area contributed by atoms with E-state index in [2.05, 4.69) is 21.8 Å². The quantitative estimate of drug-likeness (QED) is 0.850. The first-order valence-electron chi connectivity index (χ1n) is 7.20. The summed E-state index contributed by atoms with van der Waals surface area (Å²) in [5.41, 5.74) is 5.36. The molecule has 3 heterocycles. The van der Waals surface area contributed by atoms with E-state index >= 15 is 0 Å². The largest absolute Gasteiger partial charge is 0.375 e. The molecule has 0 unspecified atom stereocenters. The smallest absolute Gasteiger partial charge is 0.240 e. The number of hydrogen-bond acceptors (Lipinski definition) is 6. The van der Waals surface area contributed by atoms with Gasteiger partial charge in [-0.2, -0.15) is 0 Å². The standard InChI is InChI=1S/C14H21N5O2/c1-14(21-2)7-18(8-14)11-6-12(17-9-16-11)19-5-3-4-10(19)13(15)20/h6,9-10H,3-5,7-8H2,1-2H3,(H2,15,20)/t10-/m1/s1. The monoisotopic (exact) mass is 291 g/mol. The Morgan fingerprint density at radius 1 is 1.43 bits per heavy atom. The molecule has 0 aliphatic carbocycles. The first kappa shape index (κ1) is 14.1. The molecule has 21 heavy (non-hydrogen) atoms. The number of rotatable bonds is 4. The van der Waals surface area contributed by atoms with Gasteiger partial charge in [0, 0.05) is 32.8 Å². The highest BCUT2D eigenvalue weighted by atomic mass is 16.5. The van der Waals surface area contributed by atoms with Gasteiger partial charge in [-0.25, -0.2) is 9.97 Å². The first-order chi connectivity index (χ1) is 10.0. The number of anilines is 2. The van der Waals surface area contributed by atoms with Crippen molar-refractivity contribution in [2.75, 3.05) is 36.5 Å². The van der Waals surface area contributed by atoms with E-state index in [0.717, 1.165) is 44.1 Å². The van der Waals surface area contributed by atoms with E-state index in [9.17, 15) is 4.79 Å². The molecule has 0 bridgehead atoms. The van der Waals surface area contributed by atoms with Crippen molar-refractivity contribution in [3.63, 3.8) is 0 Å². The second-order valence-electron chi connectivity index (χ2n) is 6.00. The van der Waals surface area contributed by atoms with Gasteiger partial charge in [-0.15, -0.1) is 0 Å². The lowest BCUT2D eigenvalue weighted by molar-refractivity contribution is -0.119. The zero-order valence-corrected chi connectivity index (χ0v) is 12.5. The Kier molecular flexibility index (Phi) is 3.44. The lowest BCUT2D eigenvalue weighted by Gasteiger charge is -2.47. The van der Waals surface area contributed by atoms with Crippen molar-refractivity contribution in [1.82, 2.24) is 9.97 Å². The van der Waals surface area contributed by atoms with Crippen LogP contribution in [0.2, 0.25) is 0 Å². The summed E-state index contributed by atoms with van der Waals surface area (Å²) >= 11 is 0. The van der Waals surface area contributed by atoms with E-state index < -0.39 is 0 Å². The third-order valence-corrected chi connectivity index (χ3v) is 4.38. The third-order valence-electron chi connectivity index (χ3n) is 4.38. The predicted molar refractivity (Wildman–Crippen MR) is 79.2 cm³/mol. The second kappa shape index (κ2) is 5.14. The van der Waals surface area contributed by atoms with E-state index in [4.69, 9.17) is 10.5 Å². The van der Waals surface area contributed by atoms with Crippen molar-refractivity contribution < 1.29 is 9.53 Å². The Hall–Kier alpha value is -1.89. The van der Waals surface area contributed by atoms with Crippen LogP contribution in [0.4, 0.5) is 11.6 Å². The third kappa shape index (κ3) is 2.53. The van der Waals surface area contributed by atoms with Crippen molar-refractivity contribution in [1.29, 1.82) is 0 Å². The molecule has 0 spiro atoms. The van der Waals surface area contributed by atoms with Crippen LogP contribution in [0.25, 0.3) is 0 Å². The van der Waals surface area contributed by atoms with Gasteiger partial charge in [0.05, 0.1) is 5.60 Å². The molecule has 7 nitrogen and oxygen atoms in total. The fraction of sp³-hybridized carbons (Fsp3) is 0.643. The van der Waals surface area contributed by atoms with Crippen molar-refractivity contribution in [2.45, 2.75) is 31.4 Å².